The van der Waals surface area contributed by atoms with E-state index in [4.69, 9.17) is 14.2 Å². The Kier molecular flexibility index (Phi) is 7.47. The van der Waals surface area contributed by atoms with Gasteiger partial charge in [0, 0.05) is 55.4 Å². The molecule has 33 heavy (non-hydrogen) atoms. The Bertz CT molecular complexity index is 1080. The van der Waals surface area contributed by atoms with Crippen molar-refractivity contribution in [1.82, 2.24) is 9.97 Å². The van der Waals surface area contributed by atoms with Gasteiger partial charge >= 0.3 is 5.97 Å². The van der Waals surface area contributed by atoms with E-state index >= 15 is 0 Å². The zero-order valence-corrected chi connectivity index (χ0v) is 19.0. The van der Waals surface area contributed by atoms with E-state index in [1.54, 1.807) is 6.92 Å². The molecule has 0 spiro atoms. The van der Waals surface area contributed by atoms with Gasteiger partial charge in [-0.05, 0) is 60.4 Å². The maximum Gasteiger partial charge on any atom is 0.335 e. The molecule has 6 nitrogen and oxygen atoms in total. The van der Waals surface area contributed by atoms with Gasteiger partial charge in [0.05, 0.1) is 13.2 Å². The normalized spacial score (nSPS) is 12.6. The Hall–Kier alpha value is -3.51. The quantitative estimate of drug-likeness (QED) is 0.257. The number of carbonyl (C=O) groups excluding carboxylic acids is 1. The van der Waals surface area contributed by atoms with E-state index < -0.39 is 6.10 Å². The molecule has 4 rings (SSSR count). The van der Waals surface area contributed by atoms with Crippen LogP contribution in [0.2, 0.25) is 0 Å². The fraction of sp³-hybridized carbons (Fsp3) is 0.296. The third-order valence-electron chi connectivity index (χ3n) is 5.51. The highest BCUT2D eigenvalue weighted by Gasteiger charge is 2.23. The van der Waals surface area contributed by atoms with E-state index in [1.807, 2.05) is 68.1 Å². The molecule has 6 heteroatoms. The molecule has 0 saturated heterocycles. The van der Waals surface area contributed by atoms with Crippen LogP contribution in [0.5, 0.6) is 5.75 Å². The van der Waals surface area contributed by atoms with Crippen molar-refractivity contribution >= 4 is 11.5 Å². The van der Waals surface area contributed by atoms with Crippen molar-refractivity contribution in [3.05, 3.63) is 84.0 Å². The van der Waals surface area contributed by atoms with Gasteiger partial charge in [-0.25, -0.2) is 4.79 Å². The highest BCUT2D eigenvalue weighted by Crippen LogP contribution is 2.43. The molecule has 1 unspecified atom stereocenters. The summed E-state index contributed by atoms with van der Waals surface area (Å²) in [5.74, 6) is 0.469. The molecule has 170 valence electrons. The highest BCUT2D eigenvalue weighted by molar-refractivity contribution is 6.00. The Balaban J connectivity index is 1.35. The maximum absolute atomic E-state index is 12.1. The fourth-order valence-electron chi connectivity index (χ4n) is 4.02. The molecule has 0 bridgehead atoms. The first-order valence-corrected chi connectivity index (χ1v) is 11.3. The lowest BCUT2D eigenvalue weighted by atomic mass is 10.0. The third kappa shape index (κ3) is 5.29. The van der Waals surface area contributed by atoms with Gasteiger partial charge in [-0.1, -0.05) is 18.2 Å². The van der Waals surface area contributed by atoms with Crippen molar-refractivity contribution in [2.45, 2.75) is 32.8 Å². The number of carbonyl (C=O) groups is 1. The maximum atomic E-state index is 12.1. The van der Waals surface area contributed by atoms with Gasteiger partial charge in [0.15, 0.2) is 6.10 Å². The average molecular weight is 445 g/mol. The van der Waals surface area contributed by atoms with Gasteiger partial charge in [-0.3, -0.25) is 9.97 Å². The number of rotatable bonds is 10. The standard InChI is InChI=1S/C27H28N2O4/c1-3-31-26(27(30)32-4-2)16-19-7-9-20(10-8-19)33-15-5-6-21-22-11-13-28-17-24(22)25-18-29-14-12-23(21)25/h6-14,17-18,26H,3-5,15-16H2,1-2H3. The summed E-state index contributed by atoms with van der Waals surface area (Å²) < 4.78 is 16.6. The zero-order valence-electron chi connectivity index (χ0n) is 19.0. The third-order valence-corrected chi connectivity index (χ3v) is 5.51. The lowest BCUT2D eigenvalue weighted by Crippen LogP contribution is -2.28. The Morgan fingerprint density at radius 1 is 0.909 bits per heavy atom. The molecule has 2 heterocycles. The fourth-order valence-corrected chi connectivity index (χ4v) is 4.02. The lowest BCUT2D eigenvalue weighted by Gasteiger charge is -2.15. The summed E-state index contributed by atoms with van der Waals surface area (Å²) in [4.78, 5) is 20.6. The predicted molar refractivity (Wildman–Crippen MR) is 127 cm³/mol. The van der Waals surface area contributed by atoms with E-state index in [0.717, 1.165) is 28.9 Å². The first kappa shape index (κ1) is 22.7. The van der Waals surface area contributed by atoms with Crippen LogP contribution in [0.1, 0.15) is 37.0 Å². The smallest absolute Gasteiger partial charge is 0.335 e. The molecule has 1 aromatic carbocycles. The number of fused-ring (bicyclic) bond motifs is 3. The van der Waals surface area contributed by atoms with Gasteiger partial charge in [-0.2, -0.15) is 0 Å². The Morgan fingerprint density at radius 2 is 1.58 bits per heavy atom. The van der Waals surface area contributed by atoms with Gasteiger partial charge in [0.25, 0.3) is 0 Å². The molecular formula is C27H28N2O4. The van der Waals surface area contributed by atoms with Gasteiger partial charge in [0.1, 0.15) is 5.75 Å². The van der Waals surface area contributed by atoms with E-state index in [0.29, 0.717) is 26.2 Å². The minimum absolute atomic E-state index is 0.325. The van der Waals surface area contributed by atoms with Crippen molar-refractivity contribution in [1.29, 1.82) is 0 Å². The van der Waals surface area contributed by atoms with E-state index in [2.05, 4.69) is 16.0 Å². The van der Waals surface area contributed by atoms with Gasteiger partial charge in [0.2, 0.25) is 0 Å². The molecule has 0 saturated carbocycles. The summed E-state index contributed by atoms with van der Waals surface area (Å²) in [6.07, 6.45) is 10.3. The van der Waals surface area contributed by atoms with Crippen LogP contribution >= 0.6 is 0 Å². The average Bonchev–Trinajstić information content (AvgIpc) is 3.16. The summed E-state index contributed by atoms with van der Waals surface area (Å²) in [6, 6.07) is 11.9. The summed E-state index contributed by atoms with van der Waals surface area (Å²) in [5, 5.41) is 0. The van der Waals surface area contributed by atoms with Gasteiger partial charge < -0.3 is 14.2 Å². The summed E-state index contributed by atoms with van der Waals surface area (Å²) >= 11 is 0. The molecule has 0 amide bonds. The molecule has 3 aromatic rings. The van der Waals surface area contributed by atoms with E-state index in [-0.39, 0.29) is 5.97 Å². The van der Waals surface area contributed by atoms with E-state index in [9.17, 15) is 4.79 Å². The largest absolute Gasteiger partial charge is 0.493 e. The van der Waals surface area contributed by atoms with Crippen LogP contribution in [-0.4, -0.2) is 41.9 Å². The molecule has 1 aliphatic carbocycles. The second-order valence-electron chi connectivity index (χ2n) is 7.64. The molecule has 0 N–H and O–H groups in total. The van der Waals surface area contributed by atoms with Crippen LogP contribution in [-0.2, 0) is 20.7 Å². The number of benzene rings is 1. The number of hydrogen-bond acceptors (Lipinski definition) is 6. The van der Waals surface area contributed by atoms with Crippen LogP contribution in [0, 0.1) is 0 Å². The van der Waals surface area contributed by atoms with Crippen molar-refractivity contribution in [3.8, 4) is 16.9 Å². The second-order valence-corrected chi connectivity index (χ2v) is 7.64. The second kappa shape index (κ2) is 10.9. The molecule has 0 fully saturated rings. The molecule has 2 aromatic heterocycles. The van der Waals surface area contributed by atoms with Crippen LogP contribution in [0.15, 0.2) is 67.3 Å². The Labute approximate surface area is 194 Å². The van der Waals surface area contributed by atoms with Crippen LogP contribution < -0.4 is 4.74 Å². The number of pyridine rings is 2. The number of hydrogen-bond donors (Lipinski definition) is 0. The molecule has 1 aliphatic rings. The Morgan fingerprint density at radius 3 is 2.18 bits per heavy atom. The number of aromatic nitrogens is 2. The first-order valence-electron chi connectivity index (χ1n) is 11.3. The first-order chi connectivity index (χ1) is 16.2. The minimum atomic E-state index is -0.587. The van der Waals surface area contributed by atoms with Crippen molar-refractivity contribution in [3.63, 3.8) is 0 Å². The SMILES string of the molecule is CCOC(=O)C(Cc1ccc(OCCC=C2c3ccncc3-c3cnccc32)cc1)OCC. The van der Waals surface area contributed by atoms with Crippen molar-refractivity contribution in [2.24, 2.45) is 0 Å². The monoisotopic (exact) mass is 444 g/mol. The molecular weight excluding hydrogens is 416 g/mol. The predicted octanol–water partition coefficient (Wildman–Crippen LogP) is 4.87. The molecule has 0 radical (unpaired) electrons. The number of nitrogens with zero attached hydrogens (tertiary/aromatic N) is 2. The molecule has 0 aliphatic heterocycles. The van der Waals surface area contributed by atoms with Crippen LogP contribution in [0.25, 0.3) is 16.7 Å². The van der Waals surface area contributed by atoms with Gasteiger partial charge in [-0.15, -0.1) is 0 Å². The van der Waals surface area contributed by atoms with E-state index in [1.165, 1.54) is 16.7 Å². The summed E-state index contributed by atoms with van der Waals surface area (Å²) in [5.41, 5.74) is 6.81. The molecule has 1 atom stereocenters. The zero-order chi connectivity index (χ0) is 23.0. The summed E-state index contributed by atoms with van der Waals surface area (Å²) in [7, 11) is 0. The topological polar surface area (TPSA) is 70.5 Å². The lowest BCUT2D eigenvalue weighted by molar-refractivity contribution is -0.156. The summed E-state index contributed by atoms with van der Waals surface area (Å²) in [6.45, 7) is 5.03. The number of ether oxygens (including phenoxy) is 3. The van der Waals surface area contributed by atoms with Crippen LogP contribution in [0.3, 0.4) is 0 Å². The van der Waals surface area contributed by atoms with Crippen molar-refractivity contribution in [2.75, 3.05) is 19.8 Å². The van der Waals surface area contributed by atoms with Crippen molar-refractivity contribution < 1.29 is 19.0 Å². The highest BCUT2D eigenvalue weighted by atomic mass is 16.6. The number of esters is 1. The van der Waals surface area contributed by atoms with Crippen LogP contribution in [0.4, 0.5) is 0 Å². The minimum Gasteiger partial charge on any atom is -0.493 e.